The molecule has 1 unspecified atom stereocenters. The summed E-state index contributed by atoms with van der Waals surface area (Å²) < 4.78 is 71.7. The van der Waals surface area contributed by atoms with E-state index in [4.69, 9.17) is 21.4 Å². The van der Waals surface area contributed by atoms with Gasteiger partial charge in [-0.3, -0.25) is 9.62 Å². The summed E-state index contributed by atoms with van der Waals surface area (Å²) in [6.45, 7) is -0.440. The number of hydrogen-bond acceptors (Lipinski definition) is 6. The van der Waals surface area contributed by atoms with Gasteiger partial charge in [0.05, 0.1) is 35.0 Å². The van der Waals surface area contributed by atoms with Crippen molar-refractivity contribution in [2.45, 2.75) is 11.0 Å². The zero-order chi connectivity index (χ0) is 23.8. The summed E-state index contributed by atoms with van der Waals surface area (Å²) in [7, 11) is -6.54. The van der Waals surface area contributed by atoms with Crippen molar-refractivity contribution >= 4 is 49.1 Å². The largest absolute Gasteiger partial charge is 0.485 e. The van der Waals surface area contributed by atoms with E-state index in [0.29, 0.717) is 0 Å². The molecule has 32 heavy (non-hydrogen) atoms. The zero-order valence-corrected chi connectivity index (χ0v) is 19.2. The fourth-order valence-corrected chi connectivity index (χ4v) is 5.23. The van der Waals surface area contributed by atoms with Crippen LogP contribution in [0.5, 0.6) is 5.75 Å². The van der Waals surface area contributed by atoms with E-state index in [9.17, 15) is 26.0 Å². The lowest BCUT2D eigenvalue weighted by molar-refractivity contribution is 0.177. The van der Waals surface area contributed by atoms with Crippen molar-refractivity contribution in [3.05, 3.63) is 47.2 Å². The van der Waals surface area contributed by atoms with Crippen molar-refractivity contribution in [1.29, 1.82) is 0 Å². The number of carbonyl (C=O) groups is 1. The van der Waals surface area contributed by atoms with Crippen LogP contribution in [0.3, 0.4) is 0 Å². The van der Waals surface area contributed by atoms with E-state index in [1.54, 1.807) is 0 Å². The first-order chi connectivity index (χ1) is 14.8. The van der Waals surface area contributed by atoms with E-state index in [2.05, 4.69) is 5.32 Å². The Morgan fingerprint density at radius 2 is 1.97 bits per heavy atom. The smallest absolute Gasteiger partial charge is 0.409 e. The van der Waals surface area contributed by atoms with Crippen LogP contribution >= 0.6 is 11.6 Å². The van der Waals surface area contributed by atoms with Crippen molar-refractivity contribution in [2.75, 3.05) is 36.0 Å². The Hall–Kier alpha value is -2.61. The maximum Gasteiger partial charge on any atom is 0.409 e. The molecule has 3 rings (SSSR count). The van der Waals surface area contributed by atoms with E-state index < -0.39 is 43.1 Å². The van der Waals surface area contributed by atoms with Gasteiger partial charge in [0.15, 0.2) is 0 Å². The normalized spacial score (nSPS) is 16.4. The predicted octanol–water partition coefficient (Wildman–Crippen LogP) is 2.42. The molecule has 0 saturated carbocycles. The molecule has 1 aliphatic rings. The average molecular weight is 508 g/mol. The number of ether oxygens (including phenoxy) is 1. The molecule has 1 heterocycles. The highest BCUT2D eigenvalue weighted by molar-refractivity contribution is 7.92. The lowest BCUT2D eigenvalue weighted by atomic mass is 10.2. The Balaban J connectivity index is 2.08. The van der Waals surface area contributed by atoms with Crippen molar-refractivity contribution in [3.8, 4) is 5.75 Å². The third-order valence-electron chi connectivity index (χ3n) is 4.65. The van der Waals surface area contributed by atoms with Crippen LogP contribution in [0.15, 0.2) is 41.3 Å². The van der Waals surface area contributed by atoms with Gasteiger partial charge in [0.1, 0.15) is 17.7 Å². The Morgan fingerprint density at radius 1 is 1.28 bits per heavy atom. The van der Waals surface area contributed by atoms with Crippen LogP contribution in [0.25, 0.3) is 0 Å². The first-order valence-corrected chi connectivity index (χ1v) is 12.7. The number of likely N-dealkylation sites (N-methyl/N-ethyl adjacent to an activating group) is 1. The molecule has 0 aromatic heterocycles. The van der Waals surface area contributed by atoms with Crippen LogP contribution < -0.4 is 14.4 Å². The van der Waals surface area contributed by atoms with Crippen LogP contribution in [0.2, 0.25) is 5.02 Å². The molecular weight excluding hydrogens is 489 g/mol. The number of benzene rings is 2. The Morgan fingerprint density at radius 3 is 2.56 bits per heavy atom. The standard InChI is InChI=1S/C18H19ClFN3O7S2/c1-22(31(2,26)27)9-12-10-23(32(28,29)13-4-5-15(20)14(19)8-13)16-7-11(21-18(24)25)3-6-17(16)30-12/h3-8,12,21H,9-10H2,1-2H3,(H,24,25). The van der Waals surface area contributed by atoms with Gasteiger partial charge in [-0.2, -0.15) is 0 Å². The van der Waals surface area contributed by atoms with Crippen molar-refractivity contribution in [2.24, 2.45) is 0 Å². The topological polar surface area (TPSA) is 133 Å². The summed E-state index contributed by atoms with van der Waals surface area (Å²) in [5, 5.41) is 10.7. The number of nitrogens with zero attached hydrogens (tertiary/aromatic N) is 2. The number of sulfonamides is 2. The van der Waals surface area contributed by atoms with Gasteiger partial charge < -0.3 is 9.84 Å². The number of nitrogens with one attached hydrogen (secondary N) is 1. The van der Waals surface area contributed by atoms with Gasteiger partial charge in [0, 0.05) is 12.7 Å². The number of hydrogen-bond donors (Lipinski definition) is 2. The van der Waals surface area contributed by atoms with E-state index in [-0.39, 0.29) is 35.1 Å². The summed E-state index contributed by atoms with van der Waals surface area (Å²) in [4.78, 5) is 10.7. The zero-order valence-electron chi connectivity index (χ0n) is 16.8. The highest BCUT2D eigenvalue weighted by Crippen LogP contribution is 2.39. The van der Waals surface area contributed by atoms with Crippen LogP contribution in [-0.4, -0.2) is 64.8 Å². The lowest BCUT2D eigenvalue weighted by Crippen LogP contribution is -2.48. The van der Waals surface area contributed by atoms with Crippen LogP contribution in [0, 0.1) is 5.82 Å². The number of carboxylic acid groups (broad SMARTS) is 1. The first kappa shape index (κ1) is 24.0. The molecule has 0 aliphatic carbocycles. The quantitative estimate of drug-likeness (QED) is 0.613. The molecule has 2 aromatic carbocycles. The number of amides is 1. The van der Waals surface area contributed by atoms with Gasteiger partial charge in [-0.05, 0) is 36.4 Å². The molecule has 14 heteroatoms. The Bertz CT molecular complexity index is 1270. The van der Waals surface area contributed by atoms with Crippen LogP contribution in [0.1, 0.15) is 0 Å². The molecule has 2 N–H and O–H groups in total. The number of anilines is 2. The molecule has 0 radical (unpaired) electrons. The second-order valence-electron chi connectivity index (χ2n) is 7.01. The van der Waals surface area contributed by atoms with Gasteiger partial charge in [-0.15, -0.1) is 0 Å². The second kappa shape index (κ2) is 8.73. The molecule has 10 nitrogen and oxygen atoms in total. The molecule has 0 fully saturated rings. The monoisotopic (exact) mass is 507 g/mol. The summed E-state index contributed by atoms with van der Waals surface area (Å²) in [6.07, 6.45) is -1.23. The molecule has 1 atom stereocenters. The number of rotatable bonds is 6. The summed E-state index contributed by atoms with van der Waals surface area (Å²) in [6, 6.07) is 6.92. The van der Waals surface area contributed by atoms with E-state index in [1.165, 1.54) is 25.2 Å². The molecule has 1 amide bonds. The summed E-state index contributed by atoms with van der Waals surface area (Å²) in [5.41, 5.74) is 0.110. The third-order valence-corrected chi connectivity index (χ3v) is 7.99. The molecule has 0 spiro atoms. The van der Waals surface area contributed by atoms with Crippen molar-refractivity contribution < 1.29 is 35.9 Å². The fourth-order valence-electron chi connectivity index (χ4n) is 3.02. The minimum atomic E-state index is -4.31. The van der Waals surface area contributed by atoms with E-state index in [0.717, 1.165) is 33.1 Å². The highest BCUT2D eigenvalue weighted by atomic mass is 35.5. The van der Waals surface area contributed by atoms with Gasteiger partial charge in [0.2, 0.25) is 10.0 Å². The Kier molecular flexibility index (Phi) is 6.56. The lowest BCUT2D eigenvalue weighted by Gasteiger charge is -2.36. The summed E-state index contributed by atoms with van der Waals surface area (Å²) >= 11 is 5.76. The molecule has 1 aliphatic heterocycles. The minimum Gasteiger partial charge on any atom is -0.485 e. The fraction of sp³-hybridized carbons (Fsp3) is 0.278. The number of fused-ring (bicyclic) bond motifs is 1. The summed E-state index contributed by atoms with van der Waals surface area (Å²) in [5.74, 6) is -0.704. The van der Waals surface area contributed by atoms with Crippen LogP contribution in [-0.2, 0) is 20.0 Å². The van der Waals surface area contributed by atoms with E-state index >= 15 is 0 Å². The predicted molar refractivity (Wildman–Crippen MR) is 116 cm³/mol. The molecular formula is C18H19ClFN3O7S2. The maximum absolute atomic E-state index is 13.6. The van der Waals surface area contributed by atoms with Gasteiger partial charge in [-0.1, -0.05) is 11.6 Å². The van der Waals surface area contributed by atoms with Crippen molar-refractivity contribution in [3.63, 3.8) is 0 Å². The molecule has 0 bridgehead atoms. The maximum atomic E-state index is 13.6. The number of halogens is 2. The van der Waals surface area contributed by atoms with Gasteiger partial charge in [-0.25, -0.2) is 30.3 Å². The molecule has 2 aromatic rings. The third kappa shape index (κ3) is 5.06. The highest BCUT2D eigenvalue weighted by Gasteiger charge is 2.36. The second-order valence-corrected chi connectivity index (χ2v) is 11.4. The van der Waals surface area contributed by atoms with E-state index in [1.807, 2.05) is 0 Å². The average Bonchev–Trinajstić information content (AvgIpc) is 2.68. The van der Waals surface area contributed by atoms with Crippen LogP contribution in [0.4, 0.5) is 20.6 Å². The van der Waals surface area contributed by atoms with Gasteiger partial charge >= 0.3 is 6.09 Å². The van der Waals surface area contributed by atoms with Gasteiger partial charge in [0.25, 0.3) is 10.0 Å². The Labute approximate surface area is 189 Å². The molecule has 174 valence electrons. The first-order valence-electron chi connectivity index (χ1n) is 8.99. The SMILES string of the molecule is CN(CC1CN(S(=O)(=O)c2ccc(F)c(Cl)c2)c2cc(NC(=O)O)ccc2O1)S(C)(=O)=O. The molecule has 0 saturated heterocycles. The minimum absolute atomic E-state index is 0.0231. The van der Waals surface area contributed by atoms with Crippen molar-refractivity contribution in [1.82, 2.24) is 4.31 Å².